The van der Waals surface area contributed by atoms with Gasteiger partial charge in [0, 0.05) is 12.1 Å². The summed E-state index contributed by atoms with van der Waals surface area (Å²) in [5, 5.41) is 0. The number of fused-ring (bicyclic) bond motifs is 1. The van der Waals surface area contributed by atoms with Crippen molar-refractivity contribution in [1.29, 1.82) is 0 Å². The lowest BCUT2D eigenvalue weighted by Crippen LogP contribution is -2.43. The number of aromatic nitrogens is 1. The van der Waals surface area contributed by atoms with Crippen molar-refractivity contribution in [3.8, 4) is 23.0 Å². The van der Waals surface area contributed by atoms with Crippen LogP contribution in [0.1, 0.15) is 23.2 Å². The van der Waals surface area contributed by atoms with Crippen LogP contribution in [0.2, 0.25) is 0 Å². The van der Waals surface area contributed by atoms with Gasteiger partial charge in [-0.1, -0.05) is 30.3 Å². The molecule has 0 fully saturated rings. The van der Waals surface area contributed by atoms with Crippen LogP contribution in [0.25, 0.3) is 11.5 Å². The van der Waals surface area contributed by atoms with Crippen molar-refractivity contribution in [3.05, 3.63) is 66.1 Å². The summed E-state index contributed by atoms with van der Waals surface area (Å²) >= 11 is 0. The van der Waals surface area contributed by atoms with Crippen LogP contribution in [0.4, 0.5) is 0 Å². The summed E-state index contributed by atoms with van der Waals surface area (Å²) in [6.45, 7) is 5.04. The fraction of sp³-hybridized carbons (Fsp3) is 0.273. The number of nitrogens with zero attached hydrogens (tertiary/aromatic N) is 2. The minimum atomic E-state index is -0.236. The van der Waals surface area contributed by atoms with Gasteiger partial charge in [-0.2, -0.15) is 0 Å². The molecule has 0 radical (unpaired) electrons. The molecular weight excluding hydrogens is 356 g/mol. The molecule has 3 aromatic rings. The van der Waals surface area contributed by atoms with Crippen LogP contribution in [0.5, 0.6) is 11.5 Å². The number of rotatable bonds is 5. The van der Waals surface area contributed by atoms with Crippen LogP contribution in [-0.4, -0.2) is 41.6 Å². The van der Waals surface area contributed by atoms with E-state index < -0.39 is 0 Å². The second-order valence-corrected chi connectivity index (χ2v) is 6.63. The molecule has 4 rings (SSSR count). The molecule has 2 heterocycles. The molecule has 144 valence electrons. The van der Waals surface area contributed by atoms with E-state index in [-0.39, 0.29) is 12.0 Å². The monoisotopic (exact) mass is 378 g/mol. The maximum atomic E-state index is 13.1. The van der Waals surface area contributed by atoms with Gasteiger partial charge in [0.25, 0.3) is 5.91 Å². The fourth-order valence-corrected chi connectivity index (χ4v) is 3.20. The first-order valence-electron chi connectivity index (χ1n) is 9.36. The quantitative estimate of drug-likeness (QED) is 0.673. The third kappa shape index (κ3) is 3.58. The van der Waals surface area contributed by atoms with Crippen molar-refractivity contribution in [3.63, 3.8) is 0 Å². The molecule has 0 spiro atoms. The van der Waals surface area contributed by atoms with Gasteiger partial charge < -0.3 is 18.8 Å². The first-order chi connectivity index (χ1) is 13.7. The number of hydrogen-bond donors (Lipinski definition) is 0. The number of benzene rings is 2. The summed E-state index contributed by atoms with van der Waals surface area (Å²) in [4.78, 5) is 19.2. The molecule has 6 heteroatoms. The largest absolute Gasteiger partial charge is 0.486 e. The van der Waals surface area contributed by atoms with Gasteiger partial charge >= 0.3 is 0 Å². The van der Waals surface area contributed by atoms with Crippen LogP contribution in [0.3, 0.4) is 0 Å². The van der Waals surface area contributed by atoms with Gasteiger partial charge in [0.15, 0.2) is 23.3 Å². The lowest BCUT2D eigenvalue weighted by Gasteiger charge is -2.30. The molecule has 1 aliphatic rings. The standard InChI is InChI=1S/C22H22N2O4/c1-3-24(13-17-14-26-18-11-7-8-12-19(18)28-17)22(25)20-15(2)27-21(23-20)16-9-5-4-6-10-16/h4-12,17H,3,13-14H2,1-2H3/t17-/m1/s1. The second kappa shape index (κ2) is 7.76. The van der Waals surface area contributed by atoms with Crippen molar-refractivity contribution in [2.45, 2.75) is 20.0 Å². The van der Waals surface area contributed by atoms with E-state index in [2.05, 4.69) is 4.98 Å². The third-order valence-corrected chi connectivity index (χ3v) is 4.68. The van der Waals surface area contributed by atoms with Crippen LogP contribution in [-0.2, 0) is 0 Å². The Morgan fingerprint density at radius 3 is 2.57 bits per heavy atom. The van der Waals surface area contributed by atoms with Crippen LogP contribution < -0.4 is 9.47 Å². The van der Waals surface area contributed by atoms with E-state index >= 15 is 0 Å². The summed E-state index contributed by atoms with van der Waals surface area (Å²) in [5.74, 6) is 2.21. The number of amides is 1. The predicted octanol–water partition coefficient (Wildman–Crippen LogP) is 3.95. The van der Waals surface area contributed by atoms with Crippen molar-refractivity contribution < 1.29 is 18.7 Å². The number of para-hydroxylation sites is 2. The van der Waals surface area contributed by atoms with Gasteiger partial charge in [-0.05, 0) is 38.1 Å². The van der Waals surface area contributed by atoms with Gasteiger partial charge in [-0.15, -0.1) is 0 Å². The van der Waals surface area contributed by atoms with E-state index in [0.717, 1.165) is 11.3 Å². The maximum absolute atomic E-state index is 13.1. The van der Waals surface area contributed by atoms with E-state index in [1.165, 1.54) is 0 Å². The van der Waals surface area contributed by atoms with Gasteiger partial charge in [-0.25, -0.2) is 4.98 Å². The SMILES string of the molecule is CCN(C[C@@H]1COc2ccccc2O1)C(=O)c1nc(-c2ccccc2)oc1C. The topological polar surface area (TPSA) is 64.8 Å². The van der Waals surface area contributed by atoms with Crippen molar-refractivity contribution in [2.75, 3.05) is 19.7 Å². The van der Waals surface area contributed by atoms with E-state index in [1.807, 2.05) is 61.5 Å². The Kier molecular flexibility index (Phi) is 5.02. The van der Waals surface area contributed by atoms with Gasteiger partial charge in [0.05, 0.1) is 6.54 Å². The van der Waals surface area contributed by atoms with Crippen LogP contribution in [0.15, 0.2) is 59.0 Å². The highest BCUT2D eigenvalue weighted by Crippen LogP contribution is 2.31. The number of ether oxygens (including phenoxy) is 2. The highest BCUT2D eigenvalue weighted by molar-refractivity contribution is 5.93. The highest BCUT2D eigenvalue weighted by Gasteiger charge is 2.28. The molecule has 0 N–H and O–H groups in total. The Bertz CT molecular complexity index is 968. The lowest BCUT2D eigenvalue weighted by molar-refractivity contribution is 0.0470. The number of carbonyl (C=O) groups excluding carboxylic acids is 1. The highest BCUT2D eigenvalue weighted by atomic mass is 16.6. The molecule has 0 saturated carbocycles. The van der Waals surface area contributed by atoms with Gasteiger partial charge in [0.2, 0.25) is 5.89 Å². The summed E-state index contributed by atoms with van der Waals surface area (Å²) in [5.41, 5.74) is 1.17. The summed E-state index contributed by atoms with van der Waals surface area (Å²) in [7, 11) is 0. The first kappa shape index (κ1) is 18.1. The summed E-state index contributed by atoms with van der Waals surface area (Å²) in [6, 6.07) is 17.1. The number of hydrogen-bond acceptors (Lipinski definition) is 5. The zero-order chi connectivity index (χ0) is 19.5. The Morgan fingerprint density at radius 2 is 1.82 bits per heavy atom. The second-order valence-electron chi connectivity index (χ2n) is 6.63. The Morgan fingerprint density at radius 1 is 1.11 bits per heavy atom. The number of likely N-dealkylation sites (N-methyl/N-ethyl adjacent to an activating group) is 1. The predicted molar refractivity (Wildman–Crippen MR) is 105 cm³/mol. The number of aryl methyl sites for hydroxylation is 1. The molecule has 0 bridgehead atoms. The lowest BCUT2D eigenvalue weighted by atomic mass is 10.2. The van der Waals surface area contributed by atoms with E-state index in [9.17, 15) is 4.79 Å². The maximum Gasteiger partial charge on any atom is 0.276 e. The molecule has 1 aliphatic heterocycles. The fourth-order valence-electron chi connectivity index (χ4n) is 3.20. The number of oxazole rings is 1. The summed E-state index contributed by atoms with van der Waals surface area (Å²) < 4.78 is 17.5. The van der Waals surface area contributed by atoms with Gasteiger partial charge in [-0.3, -0.25) is 4.79 Å². The van der Waals surface area contributed by atoms with Crippen molar-refractivity contribution >= 4 is 5.91 Å². The Labute approximate surface area is 163 Å². The molecule has 1 atom stereocenters. The van der Waals surface area contributed by atoms with Crippen LogP contribution in [0, 0.1) is 6.92 Å². The van der Waals surface area contributed by atoms with Gasteiger partial charge in [0.1, 0.15) is 12.4 Å². The molecule has 1 aromatic heterocycles. The molecule has 2 aromatic carbocycles. The van der Waals surface area contributed by atoms with E-state index in [4.69, 9.17) is 13.9 Å². The zero-order valence-electron chi connectivity index (χ0n) is 15.9. The molecule has 28 heavy (non-hydrogen) atoms. The zero-order valence-corrected chi connectivity index (χ0v) is 15.9. The number of carbonyl (C=O) groups is 1. The molecule has 0 saturated heterocycles. The van der Waals surface area contributed by atoms with E-state index in [1.54, 1.807) is 11.8 Å². The Hall–Kier alpha value is -3.28. The van der Waals surface area contributed by atoms with Crippen LogP contribution >= 0.6 is 0 Å². The molecular formula is C22H22N2O4. The van der Waals surface area contributed by atoms with Crippen molar-refractivity contribution in [1.82, 2.24) is 9.88 Å². The first-order valence-corrected chi connectivity index (χ1v) is 9.36. The average molecular weight is 378 g/mol. The smallest absolute Gasteiger partial charge is 0.276 e. The van der Waals surface area contributed by atoms with Crippen molar-refractivity contribution in [2.24, 2.45) is 0 Å². The third-order valence-electron chi connectivity index (χ3n) is 4.68. The molecule has 0 unspecified atom stereocenters. The minimum Gasteiger partial charge on any atom is -0.486 e. The summed E-state index contributed by atoms with van der Waals surface area (Å²) in [6.07, 6.45) is -0.236. The molecule has 0 aliphatic carbocycles. The average Bonchev–Trinajstić information content (AvgIpc) is 3.13. The Balaban J connectivity index is 1.50. The minimum absolute atomic E-state index is 0.173. The molecule has 6 nitrogen and oxygen atoms in total. The normalized spacial score (nSPS) is 15.3. The van der Waals surface area contributed by atoms with E-state index in [0.29, 0.717) is 42.8 Å². The molecule has 1 amide bonds.